The molecule has 0 saturated carbocycles. The molecule has 0 bridgehead atoms. The third kappa shape index (κ3) is 2.06. The molecule has 1 aromatic heterocycles. The van der Waals surface area contributed by atoms with Gasteiger partial charge in [0, 0.05) is 0 Å². The minimum Gasteiger partial charge on any atom is -0.495 e. The molecule has 72 valence electrons. The molecule has 13 heavy (non-hydrogen) atoms. The van der Waals surface area contributed by atoms with Gasteiger partial charge < -0.3 is 4.74 Å². The lowest BCUT2D eigenvalue weighted by Crippen LogP contribution is -1.96. The Balaban J connectivity index is 3.22. The maximum Gasteiger partial charge on any atom is 0.266 e. The summed E-state index contributed by atoms with van der Waals surface area (Å²) in [6, 6.07) is 1.20. The normalized spacial score (nSPS) is 10.6. The zero-order valence-corrected chi connectivity index (χ0v) is 7.90. The number of aromatic nitrogens is 1. The Morgan fingerprint density at radius 2 is 2.15 bits per heavy atom. The van der Waals surface area contributed by atoms with Crippen LogP contribution in [-0.2, 0) is 0 Å². The second kappa shape index (κ2) is 3.87. The van der Waals surface area contributed by atoms with Gasteiger partial charge >= 0.3 is 0 Å². The first kappa shape index (κ1) is 10.2. The molecule has 5 heteroatoms. The van der Waals surface area contributed by atoms with Crippen LogP contribution in [0.5, 0.6) is 5.75 Å². The van der Waals surface area contributed by atoms with Crippen LogP contribution in [0.15, 0.2) is 6.07 Å². The fourth-order valence-electron chi connectivity index (χ4n) is 0.932. The van der Waals surface area contributed by atoms with Gasteiger partial charge in [-0.25, -0.2) is 13.8 Å². The number of hydrogen-bond acceptors (Lipinski definition) is 2. The van der Waals surface area contributed by atoms with Crippen molar-refractivity contribution in [3.8, 4) is 5.75 Å². The Morgan fingerprint density at radius 3 is 2.62 bits per heavy atom. The molecule has 0 aliphatic heterocycles. The van der Waals surface area contributed by atoms with E-state index in [1.54, 1.807) is 6.92 Å². The maximum atomic E-state index is 12.3. The molecule has 0 unspecified atom stereocenters. The minimum atomic E-state index is -2.63. The highest BCUT2D eigenvalue weighted by Crippen LogP contribution is 2.30. The highest BCUT2D eigenvalue weighted by atomic mass is 35.5. The van der Waals surface area contributed by atoms with E-state index in [1.165, 1.54) is 13.2 Å². The lowest BCUT2D eigenvalue weighted by molar-refractivity contribution is 0.150. The Bertz CT molecular complexity index is 317. The van der Waals surface area contributed by atoms with E-state index in [0.29, 0.717) is 11.4 Å². The maximum absolute atomic E-state index is 12.3. The van der Waals surface area contributed by atoms with E-state index in [2.05, 4.69) is 4.98 Å². The lowest BCUT2D eigenvalue weighted by Gasteiger charge is -2.07. The van der Waals surface area contributed by atoms with Crippen LogP contribution in [0, 0.1) is 6.92 Å². The molecular weight excluding hydrogens is 200 g/mol. The van der Waals surface area contributed by atoms with Crippen LogP contribution in [-0.4, -0.2) is 12.1 Å². The van der Waals surface area contributed by atoms with Gasteiger partial charge in [-0.2, -0.15) is 0 Å². The van der Waals surface area contributed by atoms with Gasteiger partial charge in [-0.1, -0.05) is 11.6 Å². The Labute approximate surface area is 79.5 Å². The van der Waals surface area contributed by atoms with Crippen molar-refractivity contribution in [1.82, 2.24) is 4.98 Å². The number of rotatable bonds is 2. The molecular formula is C8H8ClF2NO. The number of halogens is 3. The summed E-state index contributed by atoms with van der Waals surface area (Å²) in [6.45, 7) is 1.64. The molecule has 1 heterocycles. The fourth-order valence-corrected chi connectivity index (χ4v) is 1.20. The second-order valence-electron chi connectivity index (χ2n) is 2.46. The molecule has 0 radical (unpaired) electrons. The van der Waals surface area contributed by atoms with Crippen LogP contribution in [0.3, 0.4) is 0 Å². The molecule has 0 fully saturated rings. The third-order valence-electron chi connectivity index (χ3n) is 1.60. The predicted molar refractivity (Wildman–Crippen MR) is 45.5 cm³/mol. The van der Waals surface area contributed by atoms with Crippen molar-refractivity contribution < 1.29 is 13.5 Å². The number of methoxy groups -OCH3 is 1. The van der Waals surface area contributed by atoms with Crippen LogP contribution in [0.1, 0.15) is 17.7 Å². The van der Waals surface area contributed by atoms with Gasteiger partial charge in [0.2, 0.25) is 0 Å². The van der Waals surface area contributed by atoms with Crippen LogP contribution in [0.25, 0.3) is 0 Å². The van der Waals surface area contributed by atoms with Crippen molar-refractivity contribution in [2.45, 2.75) is 13.3 Å². The summed E-state index contributed by atoms with van der Waals surface area (Å²) in [5, 5.41) is -0.173. The van der Waals surface area contributed by atoms with E-state index >= 15 is 0 Å². The van der Waals surface area contributed by atoms with E-state index in [9.17, 15) is 8.78 Å². The van der Waals surface area contributed by atoms with Crippen molar-refractivity contribution in [2.75, 3.05) is 7.11 Å². The molecule has 0 N–H and O–H groups in total. The lowest BCUT2D eigenvalue weighted by atomic mass is 10.2. The van der Waals surface area contributed by atoms with E-state index in [4.69, 9.17) is 16.3 Å². The first-order chi connectivity index (χ1) is 6.06. The first-order valence-electron chi connectivity index (χ1n) is 3.55. The van der Waals surface area contributed by atoms with E-state index < -0.39 is 6.43 Å². The van der Waals surface area contributed by atoms with Crippen molar-refractivity contribution in [3.05, 3.63) is 22.5 Å². The van der Waals surface area contributed by atoms with Crippen molar-refractivity contribution in [2.24, 2.45) is 0 Å². The van der Waals surface area contributed by atoms with Crippen LogP contribution < -0.4 is 4.74 Å². The van der Waals surface area contributed by atoms with Crippen LogP contribution in [0.2, 0.25) is 5.15 Å². The van der Waals surface area contributed by atoms with Gasteiger partial charge in [0.25, 0.3) is 6.43 Å². The third-order valence-corrected chi connectivity index (χ3v) is 1.91. The standard InChI is InChI=1S/C8H8ClF2NO/c1-4-6(13-2)3-5(8(10)11)7(9)12-4/h3,8H,1-2H3. The average Bonchev–Trinajstić information content (AvgIpc) is 2.03. The Kier molecular flexibility index (Phi) is 3.03. The van der Waals surface area contributed by atoms with Crippen molar-refractivity contribution >= 4 is 11.6 Å². The highest BCUT2D eigenvalue weighted by Gasteiger charge is 2.15. The molecule has 2 nitrogen and oxygen atoms in total. The largest absolute Gasteiger partial charge is 0.495 e. The molecule has 0 amide bonds. The number of ether oxygens (including phenoxy) is 1. The van der Waals surface area contributed by atoms with Crippen LogP contribution in [0.4, 0.5) is 8.78 Å². The zero-order valence-electron chi connectivity index (χ0n) is 7.14. The Morgan fingerprint density at radius 1 is 1.54 bits per heavy atom. The average molecular weight is 208 g/mol. The van der Waals surface area contributed by atoms with E-state index in [0.717, 1.165) is 0 Å². The first-order valence-corrected chi connectivity index (χ1v) is 3.93. The molecule has 0 saturated heterocycles. The minimum absolute atomic E-state index is 0.173. The quantitative estimate of drug-likeness (QED) is 0.696. The SMILES string of the molecule is COc1cc(C(F)F)c(Cl)nc1C. The summed E-state index contributed by atoms with van der Waals surface area (Å²) >= 11 is 5.51. The van der Waals surface area contributed by atoms with Gasteiger partial charge in [0.05, 0.1) is 18.4 Å². The molecule has 0 aromatic carbocycles. The Hall–Kier alpha value is -0.900. The number of aryl methyl sites for hydroxylation is 1. The molecule has 0 aliphatic rings. The number of alkyl halides is 2. The van der Waals surface area contributed by atoms with Crippen molar-refractivity contribution in [1.29, 1.82) is 0 Å². The van der Waals surface area contributed by atoms with Gasteiger partial charge in [-0.15, -0.1) is 0 Å². The molecule has 0 aliphatic carbocycles. The summed E-state index contributed by atoms with van der Waals surface area (Å²) in [7, 11) is 1.40. The monoisotopic (exact) mass is 207 g/mol. The topological polar surface area (TPSA) is 22.1 Å². The van der Waals surface area contributed by atoms with E-state index in [-0.39, 0.29) is 10.7 Å². The second-order valence-corrected chi connectivity index (χ2v) is 2.81. The zero-order chi connectivity index (χ0) is 10.0. The summed E-state index contributed by atoms with van der Waals surface area (Å²) < 4.78 is 29.4. The van der Waals surface area contributed by atoms with Gasteiger partial charge in [0.15, 0.2) is 0 Å². The summed E-state index contributed by atoms with van der Waals surface area (Å²) in [4.78, 5) is 3.73. The van der Waals surface area contributed by atoms with Gasteiger partial charge in [-0.05, 0) is 13.0 Å². The van der Waals surface area contributed by atoms with Gasteiger partial charge in [0.1, 0.15) is 10.9 Å². The number of pyridine rings is 1. The van der Waals surface area contributed by atoms with E-state index in [1.807, 2.05) is 0 Å². The fraction of sp³-hybridized carbons (Fsp3) is 0.375. The van der Waals surface area contributed by atoms with Crippen LogP contribution >= 0.6 is 11.6 Å². The smallest absolute Gasteiger partial charge is 0.266 e. The summed E-state index contributed by atoms with van der Waals surface area (Å²) in [6.07, 6.45) is -2.63. The number of hydrogen-bond donors (Lipinski definition) is 0. The summed E-state index contributed by atoms with van der Waals surface area (Å²) in [5.74, 6) is 0.319. The molecule has 0 atom stereocenters. The predicted octanol–water partition coefficient (Wildman–Crippen LogP) is 2.99. The molecule has 0 spiro atoms. The molecule has 1 rings (SSSR count). The highest BCUT2D eigenvalue weighted by molar-refractivity contribution is 6.30. The van der Waals surface area contributed by atoms with Crippen molar-refractivity contribution in [3.63, 3.8) is 0 Å². The molecule has 1 aromatic rings. The van der Waals surface area contributed by atoms with Gasteiger partial charge in [-0.3, -0.25) is 0 Å². The number of nitrogens with zero attached hydrogens (tertiary/aromatic N) is 1. The summed E-state index contributed by atoms with van der Waals surface area (Å²) in [5.41, 5.74) is 0.195.